The van der Waals surface area contributed by atoms with Gasteiger partial charge in [0.05, 0.1) is 10.6 Å². The third-order valence-corrected chi connectivity index (χ3v) is 5.63. The summed E-state index contributed by atoms with van der Waals surface area (Å²) in [6, 6.07) is 12.3. The first-order valence-electron chi connectivity index (χ1n) is 8.67. The molecule has 0 unspecified atom stereocenters. The van der Waals surface area contributed by atoms with Crippen LogP contribution < -0.4 is 4.74 Å². The highest BCUT2D eigenvalue weighted by Crippen LogP contribution is 2.43. The van der Waals surface area contributed by atoms with Crippen molar-refractivity contribution < 1.29 is 19.1 Å². The average Bonchev–Trinajstić information content (AvgIpc) is 2.93. The maximum Gasteiger partial charge on any atom is 0.339 e. The summed E-state index contributed by atoms with van der Waals surface area (Å²) < 4.78 is 11.2. The molecule has 2 aliphatic rings. The molecule has 2 heterocycles. The molecule has 1 spiro atoms. The first kappa shape index (κ1) is 18.1. The fourth-order valence-electron chi connectivity index (χ4n) is 3.66. The van der Waals surface area contributed by atoms with Crippen LogP contribution in [-0.4, -0.2) is 36.5 Å². The van der Waals surface area contributed by atoms with Gasteiger partial charge in [-0.1, -0.05) is 41.4 Å². The van der Waals surface area contributed by atoms with Gasteiger partial charge < -0.3 is 14.4 Å². The summed E-state index contributed by atoms with van der Waals surface area (Å²) in [7, 11) is 0. The number of benzene rings is 2. The maximum atomic E-state index is 12.5. The molecule has 4 rings (SSSR count). The van der Waals surface area contributed by atoms with Crippen LogP contribution in [0.3, 0.4) is 0 Å². The summed E-state index contributed by atoms with van der Waals surface area (Å²) in [6.45, 7) is 0.890. The lowest BCUT2D eigenvalue weighted by atomic mass is 9.84. The molecule has 2 aliphatic heterocycles. The van der Waals surface area contributed by atoms with Crippen molar-refractivity contribution in [2.24, 2.45) is 0 Å². The van der Waals surface area contributed by atoms with Crippen LogP contribution in [0.5, 0.6) is 5.75 Å². The predicted octanol–water partition coefficient (Wildman–Crippen LogP) is 4.06. The van der Waals surface area contributed by atoms with Crippen molar-refractivity contribution in [2.75, 3.05) is 19.7 Å². The highest BCUT2D eigenvalue weighted by atomic mass is 35.5. The van der Waals surface area contributed by atoms with E-state index in [-0.39, 0.29) is 18.5 Å². The number of rotatable bonds is 3. The third kappa shape index (κ3) is 3.37. The van der Waals surface area contributed by atoms with Gasteiger partial charge in [0.15, 0.2) is 6.61 Å². The lowest BCUT2D eigenvalue weighted by molar-refractivity contribution is -0.137. The van der Waals surface area contributed by atoms with E-state index in [1.807, 2.05) is 18.2 Å². The zero-order valence-electron chi connectivity index (χ0n) is 14.4. The smallest absolute Gasteiger partial charge is 0.339 e. The van der Waals surface area contributed by atoms with E-state index in [1.54, 1.807) is 29.2 Å². The van der Waals surface area contributed by atoms with Crippen LogP contribution in [0, 0.1) is 0 Å². The minimum Gasteiger partial charge on any atom is -0.482 e. The van der Waals surface area contributed by atoms with Crippen molar-refractivity contribution in [1.29, 1.82) is 0 Å². The molecule has 140 valence electrons. The largest absolute Gasteiger partial charge is 0.482 e. The summed E-state index contributed by atoms with van der Waals surface area (Å²) in [5.74, 6) is 0.00103. The SMILES string of the molecule is O=C1OC2(CCN(C(=O)COc3ccc(Cl)cc3Cl)CC2)c2ccccc21. The van der Waals surface area contributed by atoms with Crippen molar-refractivity contribution in [2.45, 2.75) is 18.4 Å². The van der Waals surface area contributed by atoms with Crippen LogP contribution in [0.2, 0.25) is 10.0 Å². The Hall–Kier alpha value is -2.24. The van der Waals surface area contributed by atoms with Gasteiger partial charge in [-0.25, -0.2) is 4.79 Å². The molecule has 0 aliphatic carbocycles. The summed E-state index contributed by atoms with van der Waals surface area (Å²) >= 11 is 11.9. The molecule has 0 bridgehead atoms. The van der Waals surface area contributed by atoms with Gasteiger partial charge in [0, 0.05) is 36.5 Å². The van der Waals surface area contributed by atoms with Crippen LogP contribution in [0.4, 0.5) is 0 Å². The minimum absolute atomic E-state index is 0.106. The predicted molar refractivity (Wildman–Crippen MR) is 101 cm³/mol. The second kappa shape index (κ2) is 7.06. The number of halogens is 2. The van der Waals surface area contributed by atoms with Crippen molar-refractivity contribution in [3.8, 4) is 5.75 Å². The van der Waals surface area contributed by atoms with Crippen LogP contribution in [0.15, 0.2) is 42.5 Å². The van der Waals surface area contributed by atoms with E-state index in [0.717, 1.165) is 5.56 Å². The average molecular weight is 406 g/mol. The quantitative estimate of drug-likeness (QED) is 0.722. The lowest BCUT2D eigenvalue weighted by Crippen LogP contribution is -2.46. The van der Waals surface area contributed by atoms with Gasteiger partial charge in [-0.05, 0) is 24.3 Å². The number of likely N-dealkylation sites (tertiary alicyclic amines) is 1. The van der Waals surface area contributed by atoms with Crippen molar-refractivity contribution in [3.05, 3.63) is 63.6 Å². The number of ether oxygens (including phenoxy) is 2. The Balaban J connectivity index is 1.38. The number of carbonyl (C=O) groups excluding carboxylic acids is 2. The molecule has 0 N–H and O–H groups in total. The summed E-state index contributed by atoms with van der Waals surface area (Å²) in [6.07, 6.45) is 1.15. The second-order valence-corrected chi connectivity index (χ2v) is 7.52. The van der Waals surface area contributed by atoms with E-state index in [2.05, 4.69) is 0 Å². The first-order valence-corrected chi connectivity index (χ1v) is 9.43. The van der Waals surface area contributed by atoms with Crippen LogP contribution >= 0.6 is 23.2 Å². The Morgan fingerprint density at radius 3 is 2.63 bits per heavy atom. The number of piperidine rings is 1. The van der Waals surface area contributed by atoms with Crippen LogP contribution in [0.25, 0.3) is 0 Å². The number of amides is 1. The molecule has 0 aromatic heterocycles. The summed E-state index contributed by atoms with van der Waals surface area (Å²) in [5.41, 5.74) is 0.925. The number of carbonyl (C=O) groups is 2. The van der Waals surface area contributed by atoms with Gasteiger partial charge in [-0.2, -0.15) is 0 Å². The molecule has 27 heavy (non-hydrogen) atoms. The molecule has 1 amide bonds. The highest BCUT2D eigenvalue weighted by Gasteiger charge is 2.47. The van der Waals surface area contributed by atoms with Gasteiger partial charge in [0.1, 0.15) is 11.4 Å². The monoisotopic (exact) mass is 405 g/mol. The molecular formula is C20H17Cl2NO4. The number of hydrogen-bond donors (Lipinski definition) is 0. The van der Waals surface area contributed by atoms with E-state index >= 15 is 0 Å². The van der Waals surface area contributed by atoms with Gasteiger partial charge >= 0.3 is 5.97 Å². The zero-order valence-corrected chi connectivity index (χ0v) is 15.9. The Morgan fingerprint density at radius 1 is 1.15 bits per heavy atom. The third-order valence-electron chi connectivity index (χ3n) is 5.09. The Morgan fingerprint density at radius 2 is 1.89 bits per heavy atom. The van der Waals surface area contributed by atoms with Crippen molar-refractivity contribution >= 4 is 35.1 Å². The lowest BCUT2D eigenvalue weighted by Gasteiger charge is -2.38. The summed E-state index contributed by atoms with van der Waals surface area (Å²) in [4.78, 5) is 26.3. The Bertz CT molecular complexity index is 907. The van der Waals surface area contributed by atoms with E-state index in [1.165, 1.54) is 0 Å². The second-order valence-electron chi connectivity index (χ2n) is 6.67. The fourth-order valence-corrected chi connectivity index (χ4v) is 4.12. The first-order chi connectivity index (χ1) is 13.0. The standard InChI is InChI=1S/C20H17Cl2NO4/c21-13-5-6-17(16(22)11-13)26-12-18(24)23-9-7-20(8-10-23)15-4-2-1-3-14(15)19(25)27-20/h1-6,11H,7-10,12H2. The normalized spacial score (nSPS) is 17.6. The minimum atomic E-state index is -0.620. The topological polar surface area (TPSA) is 55.8 Å². The number of esters is 1. The van der Waals surface area contributed by atoms with Crippen molar-refractivity contribution in [3.63, 3.8) is 0 Å². The van der Waals surface area contributed by atoms with E-state index in [0.29, 0.717) is 47.3 Å². The van der Waals surface area contributed by atoms with E-state index < -0.39 is 5.60 Å². The van der Waals surface area contributed by atoms with E-state index in [9.17, 15) is 9.59 Å². The Labute approximate surface area is 166 Å². The molecule has 7 heteroatoms. The number of nitrogens with zero attached hydrogens (tertiary/aromatic N) is 1. The number of fused-ring (bicyclic) bond motifs is 2. The molecule has 0 radical (unpaired) electrons. The Kier molecular flexibility index (Phi) is 4.74. The molecule has 2 aromatic carbocycles. The van der Waals surface area contributed by atoms with E-state index in [4.69, 9.17) is 32.7 Å². The molecule has 1 saturated heterocycles. The molecule has 1 fully saturated rings. The van der Waals surface area contributed by atoms with Gasteiger partial charge in [-0.15, -0.1) is 0 Å². The highest BCUT2D eigenvalue weighted by molar-refractivity contribution is 6.35. The molecular weight excluding hydrogens is 389 g/mol. The van der Waals surface area contributed by atoms with Gasteiger partial charge in [0.25, 0.3) is 5.91 Å². The molecule has 0 saturated carbocycles. The van der Waals surface area contributed by atoms with Gasteiger partial charge in [-0.3, -0.25) is 4.79 Å². The number of hydrogen-bond acceptors (Lipinski definition) is 4. The molecule has 2 aromatic rings. The van der Waals surface area contributed by atoms with Gasteiger partial charge in [0.2, 0.25) is 0 Å². The maximum absolute atomic E-state index is 12.5. The zero-order chi connectivity index (χ0) is 19.0. The van der Waals surface area contributed by atoms with Crippen LogP contribution in [0.1, 0.15) is 28.8 Å². The van der Waals surface area contributed by atoms with Crippen LogP contribution in [-0.2, 0) is 15.1 Å². The van der Waals surface area contributed by atoms with Crippen molar-refractivity contribution in [1.82, 2.24) is 4.90 Å². The molecule has 0 atom stereocenters. The fraction of sp³-hybridized carbons (Fsp3) is 0.300. The molecule has 5 nitrogen and oxygen atoms in total. The summed E-state index contributed by atoms with van der Waals surface area (Å²) in [5, 5.41) is 0.869.